The molecule has 1 heterocycles. The van der Waals surface area contributed by atoms with Crippen LogP contribution in [-0.2, 0) is 4.74 Å². The van der Waals surface area contributed by atoms with E-state index in [1.165, 1.54) is 6.20 Å². The van der Waals surface area contributed by atoms with E-state index >= 15 is 0 Å². The molecule has 0 fully saturated rings. The van der Waals surface area contributed by atoms with E-state index in [9.17, 15) is 4.79 Å². The summed E-state index contributed by atoms with van der Waals surface area (Å²) in [6.07, 6.45) is 1.45. The number of hydrogen-bond acceptors (Lipinski definition) is 3. The van der Waals surface area contributed by atoms with Gasteiger partial charge >= 0.3 is 5.97 Å². The second-order valence-corrected chi connectivity index (χ2v) is 4.59. The Bertz CT molecular complexity index is 583. The Morgan fingerprint density at radius 3 is 2.89 bits per heavy atom. The first kappa shape index (κ1) is 13.1. The van der Waals surface area contributed by atoms with Crippen LogP contribution in [0.2, 0.25) is 5.02 Å². The van der Waals surface area contributed by atoms with Crippen LogP contribution in [0.4, 0.5) is 0 Å². The number of rotatable bonds is 3. The number of carbonyl (C=O) groups is 1. The Labute approximate surface area is 118 Å². The summed E-state index contributed by atoms with van der Waals surface area (Å²) in [5, 5.41) is 4.69. The van der Waals surface area contributed by atoms with Gasteiger partial charge in [-0.25, -0.2) is 9.48 Å². The number of carbonyl (C=O) groups excluding carboxylic acids is 1. The highest BCUT2D eigenvalue weighted by molar-refractivity contribution is 9.10. The van der Waals surface area contributed by atoms with Crippen molar-refractivity contribution >= 4 is 33.5 Å². The van der Waals surface area contributed by atoms with Crippen LogP contribution < -0.4 is 0 Å². The van der Waals surface area contributed by atoms with E-state index in [1.807, 2.05) is 18.2 Å². The van der Waals surface area contributed by atoms with E-state index in [-0.39, 0.29) is 0 Å². The average molecular weight is 330 g/mol. The number of halogens is 2. The fourth-order valence-corrected chi connectivity index (χ4v) is 2.23. The summed E-state index contributed by atoms with van der Waals surface area (Å²) in [6, 6.07) is 7.25. The minimum atomic E-state index is -0.414. The molecule has 0 saturated heterocycles. The van der Waals surface area contributed by atoms with Crippen LogP contribution in [0.15, 0.2) is 35.1 Å². The van der Waals surface area contributed by atoms with Crippen molar-refractivity contribution in [1.82, 2.24) is 9.78 Å². The zero-order valence-electron chi connectivity index (χ0n) is 9.56. The monoisotopic (exact) mass is 328 g/mol. The van der Waals surface area contributed by atoms with Gasteiger partial charge in [-0.1, -0.05) is 23.7 Å². The fraction of sp³-hybridized carbons (Fsp3) is 0.167. The van der Waals surface area contributed by atoms with Gasteiger partial charge < -0.3 is 4.74 Å². The zero-order chi connectivity index (χ0) is 13.1. The highest BCUT2D eigenvalue weighted by Crippen LogP contribution is 2.26. The van der Waals surface area contributed by atoms with E-state index in [0.717, 1.165) is 0 Å². The van der Waals surface area contributed by atoms with Crippen LogP contribution in [0.25, 0.3) is 5.69 Å². The fourth-order valence-electron chi connectivity index (χ4n) is 1.47. The van der Waals surface area contributed by atoms with Gasteiger partial charge in [-0.3, -0.25) is 0 Å². The number of esters is 1. The highest BCUT2D eigenvalue weighted by Gasteiger charge is 2.18. The smallest absolute Gasteiger partial charge is 0.342 e. The molecule has 0 aliphatic carbocycles. The van der Waals surface area contributed by atoms with Gasteiger partial charge in [0.1, 0.15) is 10.2 Å². The van der Waals surface area contributed by atoms with Gasteiger partial charge in [0, 0.05) is 0 Å². The molecule has 0 spiro atoms. The second-order valence-electron chi connectivity index (χ2n) is 3.43. The van der Waals surface area contributed by atoms with Crippen molar-refractivity contribution in [3.63, 3.8) is 0 Å². The van der Waals surface area contributed by atoms with Gasteiger partial charge in [0.25, 0.3) is 0 Å². The van der Waals surface area contributed by atoms with Crippen molar-refractivity contribution < 1.29 is 9.53 Å². The Morgan fingerprint density at radius 1 is 1.50 bits per heavy atom. The molecule has 0 unspecified atom stereocenters. The average Bonchev–Trinajstić information content (AvgIpc) is 2.72. The van der Waals surface area contributed by atoms with Gasteiger partial charge in [-0.2, -0.15) is 5.10 Å². The number of nitrogens with zero attached hydrogens (tertiary/aromatic N) is 2. The largest absolute Gasteiger partial charge is 0.462 e. The molecule has 1 aromatic carbocycles. The zero-order valence-corrected chi connectivity index (χ0v) is 11.9. The number of para-hydroxylation sites is 1. The lowest BCUT2D eigenvalue weighted by atomic mass is 10.3. The molecule has 2 rings (SSSR count). The molecule has 0 radical (unpaired) electrons. The first-order valence-corrected chi connectivity index (χ1v) is 6.47. The molecule has 18 heavy (non-hydrogen) atoms. The van der Waals surface area contributed by atoms with E-state index < -0.39 is 5.97 Å². The first-order valence-electron chi connectivity index (χ1n) is 5.30. The van der Waals surface area contributed by atoms with Crippen molar-refractivity contribution in [1.29, 1.82) is 0 Å². The summed E-state index contributed by atoms with van der Waals surface area (Å²) in [6.45, 7) is 2.08. The quantitative estimate of drug-likeness (QED) is 0.810. The normalized spacial score (nSPS) is 10.4. The lowest BCUT2D eigenvalue weighted by Crippen LogP contribution is -2.05. The molecular formula is C12H10BrClN2O2. The molecule has 0 saturated carbocycles. The number of ether oxygens (including phenoxy) is 1. The number of hydrogen-bond donors (Lipinski definition) is 0. The summed E-state index contributed by atoms with van der Waals surface area (Å²) in [7, 11) is 0. The van der Waals surface area contributed by atoms with Crippen molar-refractivity contribution in [2.45, 2.75) is 6.92 Å². The molecule has 94 valence electrons. The Morgan fingerprint density at radius 2 is 2.22 bits per heavy atom. The summed E-state index contributed by atoms with van der Waals surface area (Å²) in [5.74, 6) is -0.414. The molecule has 2 aromatic rings. The van der Waals surface area contributed by atoms with E-state index in [2.05, 4.69) is 21.0 Å². The number of benzene rings is 1. The van der Waals surface area contributed by atoms with Crippen molar-refractivity contribution in [3.05, 3.63) is 45.7 Å². The van der Waals surface area contributed by atoms with Crippen LogP contribution in [0, 0.1) is 0 Å². The first-order chi connectivity index (χ1) is 8.65. The molecule has 4 nitrogen and oxygen atoms in total. The minimum absolute atomic E-state index is 0.322. The van der Waals surface area contributed by atoms with Crippen LogP contribution in [0.5, 0.6) is 0 Å². The summed E-state index contributed by atoms with van der Waals surface area (Å²) in [4.78, 5) is 11.7. The molecule has 0 N–H and O–H groups in total. The van der Waals surface area contributed by atoms with Crippen molar-refractivity contribution in [3.8, 4) is 5.69 Å². The Balaban J connectivity index is 2.43. The van der Waals surface area contributed by atoms with E-state index in [4.69, 9.17) is 16.3 Å². The maximum Gasteiger partial charge on any atom is 0.342 e. The van der Waals surface area contributed by atoms with Crippen LogP contribution in [0.3, 0.4) is 0 Å². The SMILES string of the molecule is CCOC(=O)c1cnn(-c2ccccc2Cl)c1Br. The molecule has 0 aliphatic rings. The molecule has 1 aromatic heterocycles. The topological polar surface area (TPSA) is 44.1 Å². The van der Waals surface area contributed by atoms with Gasteiger partial charge in [-0.15, -0.1) is 0 Å². The standard InChI is InChI=1S/C12H10BrClN2O2/c1-2-18-12(17)8-7-15-16(11(8)13)10-6-4-3-5-9(10)14/h3-7H,2H2,1H3. The second kappa shape index (κ2) is 5.54. The molecule has 0 atom stereocenters. The number of aromatic nitrogens is 2. The van der Waals surface area contributed by atoms with E-state index in [0.29, 0.717) is 27.5 Å². The van der Waals surface area contributed by atoms with Gasteiger partial charge in [0.15, 0.2) is 0 Å². The summed E-state index contributed by atoms with van der Waals surface area (Å²) in [5.41, 5.74) is 1.07. The molecule has 0 bridgehead atoms. The minimum Gasteiger partial charge on any atom is -0.462 e. The molecular weight excluding hydrogens is 320 g/mol. The third kappa shape index (κ3) is 2.42. The molecule has 6 heteroatoms. The third-order valence-corrected chi connectivity index (χ3v) is 3.37. The van der Waals surface area contributed by atoms with Crippen LogP contribution in [0.1, 0.15) is 17.3 Å². The molecule has 0 amide bonds. The van der Waals surface area contributed by atoms with Crippen molar-refractivity contribution in [2.24, 2.45) is 0 Å². The van der Waals surface area contributed by atoms with Crippen LogP contribution >= 0.6 is 27.5 Å². The predicted octanol–water partition coefficient (Wildman–Crippen LogP) is 3.46. The highest BCUT2D eigenvalue weighted by atomic mass is 79.9. The van der Waals surface area contributed by atoms with Gasteiger partial charge in [0.2, 0.25) is 0 Å². The molecule has 0 aliphatic heterocycles. The summed E-state index contributed by atoms with van der Waals surface area (Å²) >= 11 is 9.42. The van der Waals surface area contributed by atoms with E-state index in [1.54, 1.807) is 17.7 Å². The lowest BCUT2D eigenvalue weighted by Gasteiger charge is -2.05. The Kier molecular flexibility index (Phi) is 4.04. The summed E-state index contributed by atoms with van der Waals surface area (Å²) < 4.78 is 7.01. The maximum atomic E-state index is 11.7. The lowest BCUT2D eigenvalue weighted by molar-refractivity contribution is 0.0525. The van der Waals surface area contributed by atoms with Crippen molar-refractivity contribution in [2.75, 3.05) is 6.61 Å². The maximum absolute atomic E-state index is 11.7. The van der Waals surface area contributed by atoms with Gasteiger partial charge in [0.05, 0.1) is 23.5 Å². The predicted molar refractivity (Wildman–Crippen MR) is 72.2 cm³/mol. The Hall–Kier alpha value is -1.33. The van der Waals surface area contributed by atoms with Gasteiger partial charge in [-0.05, 0) is 35.0 Å². The van der Waals surface area contributed by atoms with Crippen LogP contribution in [-0.4, -0.2) is 22.4 Å². The third-order valence-electron chi connectivity index (χ3n) is 2.29.